The standard InChI is InChI=1S/C27H45NO3/c1-18(2)28(19(3)4)27(31)12-8-5-9-20-15-22-17-26(30)23(24(22)16-20)13-14-25(29)21-10-6-7-11-21/h9,13-14,18-19,21-26,29-30H,5-8,10-12,15-17H2,1-4H3/t22-,23+,24-,25+,26+/m0/s1. The number of carbonyl (C=O) groups excluding carboxylic acids is 1. The van der Waals surface area contributed by atoms with Gasteiger partial charge in [0, 0.05) is 24.4 Å². The monoisotopic (exact) mass is 431 g/mol. The maximum Gasteiger partial charge on any atom is 0.223 e. The molecule has 0 saturated heterocycles. The summed E-state index contributed by atoms with van der Waals surface area (Å²) in [7, 11) is 0. The molecule has 0 bridgehead atoms. The molecule has 0 aromatic rings. The second-order valence-corrected chi connectivity index (χ2v) is 10.9. The minimum atomic E-state index is -0.348. The van der Waals surface area contributed by atoms with E-state index in [2.05, 4.69) is 39.8 Å². The molecule has 0 radical (unpaired) electrons. The van der Waals surface area contributed by atoms with Crippen LogP contribution in [0.15, 0.2) is 23.8 Å². The number of fused-ring (bicyclic) bond motifs is 1. The molecule has 31 heavy (non-hydrogen) atoms. The molecule has 0 aromatic carbocycles. The Morgan fingerprint density at radius 1 is 1.13 bits per heavy atom. The van der Waals surface area contributed by atoms with E-state index in [9.17, 15) is 15.0 Å². The Labute approximate surface area is 189 Å². The van der Waals surface area contributed by atoms with Gasteiger partial charge in [-0.25, -0.2) is 0 Å². The highest BCUT2D eigenvalue weighted by Gasteiger charge is 2.45. The van der Waals surface area contributed by atoms with Gasteiger partial charge < -0.3 is 15.1 Å². The van der Waals surface area contributed by atoms with Crippen LogP contribution in [0.25, 0.3) is 0 Å². The molecule has 5 atom stereocenters. The first-order valence-corrected chi connectivity index (χ1v) is 12.8. The van der Waals surface area contributed by atoms with Crippen LogP contribution in [0.2, 0.25) is 0 Å². The van der Waals surface area contributed by atoms with Crippen LogP contribution in [-0.4, -0.2) is 45.3 Å². The summed E-state index contributed by atoms with van der Waals surface area (Å²) in [6.45, 7) is 8.35. The van der Waals surface area contributed by atoms with Crippen molar-refractivity contribution in [2.24, 2.45) is 23.7 Å². The summed E-state index contributed by atoms with van der Waals surface area (Å²) in [6.07, 6.45) is 16.1. The first-order valence-electron chi connectivity index (χ1n) is 12.8. The van der Waals surface area contributed by atoms with Crippen LogP contribution in [0.1, 0.15) is 91.9 Å². The average Bonchev–Trinajstić information content (AvgIpc) is 3.40. The number of aliphatic hydroxyl groups excluding tert-OH is 2. The van der Waals surface area contributed by atoms with E-state index in [4.69, 9.17) is 0 Å². The van der Waals surface area contributed by atoms with Crippen molar-refractivity contribution in [3.8, 4) is 0 Å². The largest absolute Gasteiger partial charge is 0.392 e. The summed E-state index contributed by atoms with van der Waals surface area (Å²) in [5, 5.41) is 21.1. The van der Waals surface area contributed by atoms with E-state index in [0.29, 0.717) is 24.2 Å². The molecule has 2 N–H and O–H groups in total. The molecule has 3 saturated carbocycles. The third-order valence-electron chi connectivity index (χ3n) is 7.95. The van der Waals surface area contributed by atoms with Gasteiger partial charge >= 0.3 is 0 Å². The zero-order valence-corrected chi connectivity index (χ0v) is 20.2. The number of allylic oxidation sites excluding steroid dienone is 2. The van der Waals surface area contributed by atoms with Crippen molar-refractivity contribution in [1.82, 2.24) is 4.90 Å². The highest BCUT2D eigenvalue weighted by atomic mass is 16.3. The Morgan fingerprint density at radius 2 is 1.81 bits per heavy atom. The van der Waals surface area contributed by atoms with Gasteiger partial charge in [0.15, 0.2) is 0 Å². The zero-order chi connectivity index (χ0) is 22.5. The molecule has 3 fully saturated rings. The fourth-order valence-corrected chi connectivity index (χ4v) is 6.50. The van der Waals surface area contributed by atoms with Crippen LogP contribution in [0, 0.1) is 23.7 Å². The van der Waals surface area contributed by atoms with E-state index in [0.717, 1.165) is 44.9 Å². The average molecular weight is 432 g/mol. The van der Waals surface area contributed by atoms with E-state index in [1.807, 2.05) is 11.0 Å². The van der Waals surface area contributed by atoms with Gasteiger partial charge in [-0.3, -0.25) is 4.79 Å². The maximum atomic E-state index is 12.5. The molecule has 0 aliphatic heterocycles. The van der Waals surface area contributed by atoms with E-state index in [1.54, 1.807) is 0 Å². The van der Waals surface area contributed by atoms with Gasteiger partial charge in [0.1, 0.15) is 0 Å². The van der Waals surface area contributed by atoms with Gasteiger partial charge in [-0.1, -0.05) is 36.6 Å². The first kappa shape index (κ1) is 24.5. The lowest BCUT2D eigenvalue weighted by molar-refractivity contribution is -0.134. The molecule has 0 spiro atoms. The van der Waals surface area contributed by atoms with Crippen molar-refractivity contribution in [3.05, 3.63) is 23.8 Å². The van der Waals surface area contributed by atoms with Crippen LogP contribution in [0.3, 0.4) is 0 Å². The third kappa shape index (κ3) is 6.22. The molecule has 1 amide bonds. The van der Waals surface area contributed by atoms with Gasteiger partial charge in [0.05, 0.1) is 12.2 Å². The number of hydrogen-bond donors (Lipinski definition) is 2. The molecule has 3 rings (SSSR count). The van der Waals surface area contributed by atoms with Crippen molar-refractivity contribution in [3.63, 3.8) is 0 Å². The Hall–Kier alpha value is -1.13. The Kier molecular flexibility index (Phi) is 8.81. The van der Waals surface area contributed by atoms with Crippen molar-refractivity contribution < 1.29 is 15.0 Å². The molecule has 3 aliphatic carbocycles. The van der Waals surface area contributed by atoms with Gasteiger partial charge in [-0.05, 0) is 90.4 Å². The minimum Gasteiger partial charge on any atom is -0.392 e. The summed E-state index contributed by atoms with van der Waals surface area (Å²) in [6, 6.07) is 0.507. The number of amides is 1. The van der Waals surface area contributed by atoms with Gasteiger partial charge in [0.2, 0.25) is 5.91 Å². The highest BCUT2D eigenvalue weighted by molar-refractivity contribution is 5.76. The van der Waals surface area contributed by atoms with Crippen LogP contribution in [0.5, 0.6) is 0 Å². The lowest BCUT2D eigenvalue weighted by Crippen LogP contribution is -2.41. The fraction of sp³-hybridized carbons (Fsp3) is 0.815. The van der Waals surface area contributed by atoms with E-state index < -0.39 is 0 Å². The SMILES string of the molecule is CC(C)N(C(=O)CCCC=C1C[C@H]2C[C@@H](O)[C@H](C=C[C@@H](O)C3CCCC3)[C@H]2C1)C(C)C. The summed E-state index contributed by atoms with van der Waals surface area (Å²) in [4.78, 5) is 14.5. The van der Waals surface area contributed by atoms with Crippen molar-refractivity contribution in [2.45, 2.75) is 116 Å². The Bertz CT molecular complexity index is 639. The number of carbonyl (C=O) groups is 1. The van der Waals surface area contributed by atoms with Crippen LogP contribution in [-0.2, 0) is 4.79 Å². The molecule has 4 heteroatoms. The molecule has 176 valence electrons. The molecule has 4 nitrogen and oxygen atoms in total. The third-order valence-corrected chi connectivity index (χ3v) is 7.95. The number of nitrogens with zero attached hydrogens (tertiary/aromatic N) is 1. The number of rotatable bonds is 9. The Balaban J connectivity index is 1.47. The number of unbranched alkanes of at least 4 members (excludes halogenated alkanes) is 1. The van der Waals surface area contributed by atoms with Crippen molar-refractivity contribution in [1.29, 1.82) is 0 Å². The fourth-order valence-electron chi connectivity index (χ4n) is 6.50. The predicted octanol–water partition coefficient (Wildman–Crippen LogP) is 5.24. The zero-order valence-electron chi connectivity index (χ0n) is 20.2. The van der Waals surface area contributed by atoms with Crippen molar-refractivity contribution in [2.75, 3.05) is 0 Å². The number of aliphatic hydroxyl groups is 2. The van der Waals surface area contributed by atoms with Crippen LogP contribution >= 0.6 is 0 Å². The second kappa shape index (κ2) is 11.1. The lowest BCUT2D eigenvalue weighted by atomic mass is 9.89. The number of hydrogen-bond acceptors (Lipinski definition) is 3. The van der Waals surface area contributed by atoms with Gasteiger partial charge in [0.25, 0.3) is 0 Å². The first-order chi connectivity index (χ1) is 14.8. The van der Waals surface area contributed by atoms with Crippen molar-refractivity contribution >= 4 is 5.91 Å². The Morgan fingerprint density at radius 3 is 2.45 bits per heavy atom. The van der Waals surface area contributed by atoms with Gasteiger partial charge in [-0.2, -0.15) is 0 Å². The summed E-state index contributed by atoms with van der Waals surface area (Å²) in [5.74, 6) is 1.93. The maximum absolute atomic E-state index is 12.5. The summed E-state index contributed by atoms with van der Waals surface area (Å²) < 4.78 is 0. The molecule has 0 heterocycles. The smallest absolute Gasteiger partial charge is 0.223 e. The van der Waals surface area contributed by atoms with E-state index in [1.165, 1.54) is 18.4 Å². The summed E-state index contributed by atoms with van der Waals surface area (Å²) in [5.41, 5.74) is 1.51. The van der Waals surface area contributed by atoms with E-state index >= 15 is 0 Å². The van der Waals surface area contributed by atoms with E-state index in [-0.39, 0.29) is 36.1 Å². The molecule has 0 aromatic heterocycles. The quantitative estimate of drug-likeness (QED) is 0.387. The van der Waals surface area contributed by atoms with Crippen LogP contribution < -0.4 is 0 Å². The molecule has 3 aliphatic rings. The predicted molar refractivity (Wildman–Crippen MR) is 126 cm³/mol. The second-order valence-electron chi connectivity index (χ2n) is 10.9. The topological polar surface area (TPSA) is 60.8 Å². The van der Waals surface area contributed by atoms with Gasteiger partial charge in [-0.15, -0.1) is 0 Å². The molecule has 0 unspecified atom stereocenters. The lowest BCUT2D eigenvalue weighted by Gasteiger charge is -2.30. The minimum absolute atomic E-state index is 0.180. The molecular weight excluding hydrogens is 386 g/mol. The highest BCUT2D eigenvalue weighted by Crippen LogP contribution is 2.50. The molecular formula is C27H45NO3. The van der Waals surface area contributed by atoms with Crippen LogP contribution in [0.4, 0.5) is 0 Å². The summed E-state index contributed by atoms with van der Waals surface area (Å²) >= 11 is 0. The normalized spacial score (nSPS) is 31.4.